The number of carbonyl (C=O) groups is 1. The number of nitrogens with one attached hydrogen (secondary N) is 1. The smallest absolute Gasteiger partial charge is 0.410 e. The Balaban J connectivity index is 1.85. The van der Waals surface area contributed by atoms with Crippen LogP contribution in [0.5, 0.6) is 0 Å². The van der Waals surface area contributed by atoms with E-state index in [9.17, 15) is 4.79 Å². The molecule has 0 aromatic carbocycles. The Morgan fingerprint density at radius 2 is 1.95 bits per heavy atom. The molecule has 2 rings (SSSR count). The molecule has 0 unspecified atom stereocenters. The van der Waals surface area contributed by atoms with Crippen LogP contribution in [-0.2, 0) is 4.74 Å². The van der Waals surface area contributed by atoms with Crippen molar-refractivity contribution in [1.82, 2.24) is 10.2 Å². The molecule has 0 bridgehead atoms. The summed E-state index contributed by atoms with van der Waals surface area (Å²) >= 11 is 0. The fourth-order valence-corrected chi connectivity index (χ4v) is 2.51. The van der Waals surface area contributed by atoms with Gasteiger partial charge in [-0.1, -0.05) is 0 Å². The van der Waals surface area contributed by atoms with E-state index in [1.54, 1.807) is 4.90 Å². The highest BCUT2D eigenvalue weighted by Crippen LogP contribution is 2.29. The summed E-state index contributed by atoms with van der Waals surface area (Å²) in [5.41, 5.74) is 5.54. The first-order valence-corrected chi connectivity index (χ1v) is 7.29. The molecule has 0 radical (unpaired) electrons. The third-order valence-corrected chi connectivity index (χ3v) is 3.85. The summed E-state index contributed by atoms with van der Waals surface area (Å²) in [4.78, 5) is 13.8. The fraction of sp³-hybridized carbons (Fsp3) is 0.929. The van der Waals surface area contributed by atoms with Gasteiger partial charge in [0.05, 0.1) is 0 Å². The second-order valence-corrected chi connectivity index (χ2v) is 6.87. The maximum absolute atomic E-state index is 12.0. The van der Waals surface area contributed by atoms with Crippen LogP contribution in [0.2, 0.25) is 0 Å². The van der Waals surface area contributed by atoms with Gasteiger partial charge in [0.1, 0.15) is 5.60 Å². The van der Waals surface area contributed by atoms with Crippen LogP contribution in [-0.4, -0.2) is 47.8 Å². The highest BCUT2D eigenvalue weighted by molar-refractivity contribution is 5.68. The summed E-state index contributed by atoms with van der Waals surface area (Å²) in [5.74, 6) is 0. The number of likely N-dealkylation sites (tertiary alicyclic amines) is 1. The zero-order valence-corrected chi connectivity index (χ0v) is 12.4. The molecule has 0 atom stereocenters. The van der Waals surface area contributed by atoms with Crippen LogP contribution in [0.3, 0.4) is 0 Å². The van der Waals surface area contributed by atoms with E-state index in [2.05, 4.69) is 5.32 Å². The average molecular weight is 269 g/mol. The van der Waals surface area contributed by atoms with E-state index in [0.29, 0.717) is 12.6 Å². The molecule has 1 saturated heterocycles. The number of rotatable bonds is 3. The molecule has 2 aliphatic rings. The maximum Gasteiger partial charge on any atom is 0.410 e. The lowest BCUT2D eigenvalue weighted by Crippen LogP contribution is -2.59. The van der Waals surface area contributed by atoms with E-state index in [0.717, 1.165) is 25.9 Å². The third-order valence-electron chi connectivity index (χ3n) is 3.85. The van der Waals surface area contributed by atoms with Crippen LogP contribution in [0.15, 0.2) is 0 Å². The van der Waals surface area contributed by atoms with Gasteiger partial charge in [0.15, 0.2) is 0 Å². The van der Waals surface area contributed by atoms with Gasteiger partial charge in [-0.25, -0.2) is 4.79 Å². The fourth-order valence-electron chi connectivity index (χ4n) is 2.51. The topological polar surface area (TPSA) is 67.6 Å². The Hall–Kier alpha value is -0.810. The molecule has 110 valence electrons. The predicted octanol–water partition coefficient (Wildman–Crippen LogP) is 1.47. The molecule has 1 aliphatic carbocycles. The average Bonchev–Trinajstić information content (AvgIpc) is 3.11. The van der Waals surface area contributed by atoms with Crippen LogP contribution in [0.4, 0.5) is 4.79 Å². The van der Waals surface area contributed by atoms with Gasteiger partial charge in [-0.2, -0.15) is 0 Å². The van der Waals surface area contributed by atoms with Gasteiger partial charge < -0.3 is 20.7 Å². The Labute approximate surface area is 115 Å². The lowest BCUT2D eigenvalue weighted by molar-refractivity contribution is 0.0150. The Morgan fingerprint density at radius 3 is 2.37 bits per heavy atom. The van der Waals surface area contributed by atoms with E-state index in [-0.39, 0.29) is 11.6 Å². The van der Waals surface area contributed by atoms with Crippen molar-refractivity contribution in [2.75, 3.05) is 19.6 Å². The van der Waals surface area contributed by atoms with E-state index >= 15 is 0 Å². The Morgan fingerprint density at radius 1 is 1.37 bits per heavy atom. The van der Waals surface area contributed by atoms with Crippen molar-refractivity contribution in [3.63, 3.8) is 0 Å². The molecule has 0 spiro atoms. The first-order chi connectivity index (χ1) is 8.84. The number of nitrogens with two attached hydrogens (primary N) is 1. The van der Waals surface area contributed by atoms with Gasteiger partial charge in [-0.15, -0.1) is 0 Å². The molecule has 1 amide bonds. The van der Waals surface area contributed by atoms with E-state index in [1.165, 1.54) is 12.8 Å². The molecule has 1 aliphatic heterocycles. The Bertz CT molecular complexity index is 326. The SMILES string of the molecule is CC(C)(C)OC(=O)N1CCC(CN)(NC2CC2)CC1. The number of hydrogen-bond donors (Lipinski definition) is 2. The minimum absolute atomic E-state index is 0.0275. The second-order valence-electron chi connectivity index (χ2n) is 6.87. The van der Waals surface area contributed by atoms with Crippen molar-refractivity contribution < 1.29 is 9.53 Å². The van der Waals surface area contributed by atoms with Crippen molar-refractivity contribution >= 4 is 6.09 Å². The highest BCUT2D eigenvalue weighted by Gasteiger charge is 2.39. The first kappa shape index (κ1) is 14.6. The molecule has 0 aromatic rings. The number of ether oxygens (including phenoxy) is 1. The van der Waals surface area contributed by atoms with Gasteiger partial charge in [0.2, 0.25) is 0 Å². The highest BCUT2D eigenvalue weighted by atomic mass is 16.6. The zero-order valence-electron chi connectivity index (χ0n) is 12.4. The Kier molecular flexibility index (Phi) is 4.06. The molecule has 0 aromatic heterocycles. The van der Waals surface area contributed by atoms with Gasteiger partial charge in [-0.3, -0.25) is 0 Å². The summed E-state index contributed by atoms with van der Waals surface area (Å²) in [6, 6.07) is 0.650. The lowest BCUT2D eigenvalue weighted by Gasteiger charge is -2.42. The van der Waals surface area contributed by atoms with E-state index < -0.39 is 5.60 Å². The monoisotopic (exact) mass is 269 g/mol. The molecule has 5 heteroatoms. The van der Waals surface area contributed by atoms with Gasteiger partial charge >= 0.3 is 6.09 Å². The van der Waals surface area contributed by atoms with Crippen molar-refractivity contribution in [2.24, 2.45) is 5.73 Å². The van der Waals surface area contributed by atoms with E-state index in [4.69, 9.17) is 10.5 Å². The zero-order chi connectivity index (χ0) is 14.1. The minimum Gasteiger partial charge on any atom is -0.444 e. The van der Waals surface area contributed by atoms with Crippen molar-refractivity contribution in [1.29, 1.82) is 0 Å². The summed E-state index contributed by atoms with van der Waals surface area (Å²) in [7, 11) is 0. The molecule has 3 N–H and O–H groups in total. The van der Waals surface area contributed by atoms with Gasteiger partial charge in [-0.05, 0) is 46.5 Å². The van der Waals surface area contributed by atoms with Crippen LogP contribution >= 0.6 is 0 Å². The number of amides is 1. The normalized spacial score (nSPS) is 23.3. The van der Waals surface area contributed by atoms with Crippen molar-refractivity contribution in [2.45, 2.75) is 63.6 Å². The van der Waals surface area contributed by atoms with Crippen LogP contribution in [0.1, 0.15) is 46.5 Å². The molecule has 1 saturated carbocycles. The molecule has 1 heterocycles. The summed E-state index contributed by atoms with van der Waals surface area (Å²) < 4.78 is 5.41. The van der Waals surface area contributed by atoms with Crippen molar-refractivity contribution in [3.05, 3.63) is 0 Å². The number of nitrogens with zero attached hydrogens (tertiary/aromatic N) is 1. The molecule has 19 heavy (non-hydrogen) atoms. The minimum atomic E-state index is -0.425. The maximum atomic E-state index is 12.0. The summed E-state index contributed by atoms with van der Waals surface area (Å²) in [6.07, 6.45) is 4.15. The first-order valence-electron chi connectivity index (χ1n) is 7.29. The summed E-state index contributed by atoms with van der Waals surface area (Å²) in [6.45, 7) is 7.79. The third kappa shape index (κ3) is 4.08. The molecule has 5 nitrogen and oxygen atoms in total. The molecular formula is C14H27N3O2. The largest absolute Gasteiger partial charge is 0.444 e. The predicted molar refractivity (Wildman–Crippen MR) is 75.0 cm³/mol. The summed E-state index contributed by atoms with van der Waals surface area (Å²) in [5, 5.41) is 3.66. The number of hydrogen-bond acceptors (Lipinski definition) is 4. The standard InChI is InChI=1S/C14H27N3O2/c1-13(2,3)19-12(18)17-8-6-14(10-15,7-9-17)16-11-4-5-11/h11,16H,4-10,15H2,1-3H3. The number of carbonyl (C=O) groups excluding carboxylic acids is 1. The van der Waals surface area contributed by atoms with Crippen LogP contribution in [0.25, 0.3) is 0 Å². The number of piperidine rings is 1. The van der Waals surface area contributed by atoms with Gasteiger partial charge in [0.25, 0.3) is 0 Å². The van der Waals surface area contributed by atoms with Crippen LogP contribution < -0.4 is 11.1 Å². The molecular weight excluding hydrogens is 242 g/mol. The van der Waals surface area contributed by atoms with Crippen molar-refractivity contribution in [3.8, 4) is 0 Å². The lowest BCUT2D eigenvalue weighted by atomic mass is 9.87. The molecule has 2 fully saturated rings. The second kappa shape index (κ2) is 5.29. The van der Waals surface area contributed by atoms with Gasteiger partial charge in [0, 0.05) is 31.2 Å². The quantitative estimate of drug-likeness (QED) is 0.814. The van der Waals surface area contributed by atoms with E-state index in [1.807, 2.05) is 20.8 Å². The van der Waals surface area contributed by atoms with Crippen LogP contribution in [0, 0.1) is 0 Å².